The number of hydrogen-bond acceptors (Lipinski definition) is 1. The van der Waals surface area contributed by atoms with Gasteiger partial charge in [-0.3, -0.25) is 4.99 Å². The molecule has 0 saturated heterocycles. The summed E-state index contributed by atoms with van der Waals surface area (Å²) in [5.74, 6) is 0.482. The van der Waals surface area contributed by atoms with Crippen molar-refractivity contribution in [1.82, 2.24) is 0 Å². The summed E-state index contributed by atoms with van der Waals surface area (Å²) in [5.41, 5.74) is 6.70. The van der Waals surface area contributed by atoms with Gasteiger partial charge in [0, 0.05) is 10.1 Å². The van der Waals surface area contributed by atoms with Crippen LogP contribution in [-0.4, -0.2) is 12.5 Å². The predicted molar refractivity (Wildman–Crippen MR) is 69.6 cm³/mol. The highest BCUT2D eigenvalue weighted by atomic mass is 127. The third kappa shape index (κ3) is 3.53. The maximum Gasteiger partial charge on any atom is 0.193 e. The summed E-state index contributed by atoms with van der Waals surface area (Å²) in [6.07, 6.45) is 1.01. The van der Waals surface area contributed by atoms with E-state index in [1.54, 1.807) is 0 Å². The summed E-state index contributed by atoms with van der Waals surface area (Å²) in [4.78, 5) is 4.16. The fourth-order valence-corrected chi connectivity index (χ4v) is 1.49. The first-order valence-electron chi connectivity index (χ1n) is 4.55. The highest BCUT2D eigenvalue weighted by Crippen LogP contribution is 2.16. The quantitative estimate of drug-likeness (QED) is 0.512. The summed E-state index contributed by atoms with van der Waals surface area (Å²) in [7, 11) is 0. The van der Waals surface area contributed by atoms with Gasteiger partial charge >= 0.3 is 0 Å². The van der Waals surface area contributed by atoms with Crippen LogP contribution in [0.15, 0.2) is 29.3 Å². The van der Waals surface area contributed by atoms with E-state index in [4.69, 9.17) is 5.73 Å². The first-order chi connectivity index (χ1) is 6.74. The Morgan fingerprint density at radius 1 is 1.50 bits per heavy atom. The number of para-hydroxylation sites is 1. The van der Waals surface area contributed by atoms with E-state index in [1.807, 2.05) is 24.3 Å². The number of guanidine groups is 1. The lowest BCUT2D eigenvalue weighted by Gasteiger charge is -2.06. The maximum absolute atomic E-state index is 5.70. The second-order valence-electron chi connectivity index (χ2n) is 2.87. The molecule has 0 unspecified atom stereocenters. The van der Waals surface area contributed by atoms with E-state index >= 15 is 0 Å². The van der Waals surface area contributed by atoms with Gasteiger partial charge in [0.05, 0.1) is 5.69 Å². The first kappa shape index (κ1) is 11.3. The molecule has 1 aromatic carbocycles. The summed E-state index contributed by atoms with van der Waals surface area (Å²) < 4.78 is 1.14. The zero-order valence-electron chi connectivity index (χ0n) is 8.13. The van der Waals surface area contributed by atoms with Gasteiger partial charge in [0.25, 0.3) is 0 Å². The minimum absolute atomic E-state index is 0.482. The van der Waals surface area contributed by atoms with Gasteiger partial charge in [-0.2, -0.15) is 0 Å². The molecule has 0 heterocycles. The van der Waals surface area contributed by atoms with Gasteiger partial charge < -0.3 is 11.1 Å². The molecule has 3 nitrogen and oxygen atoms in total. The second kappa shape index (κ2) is 5.85. The molecular weight excluding hydrogens is 289 g/mol. The van der Waals surface area contributed by atoms with Crippen molar-refractivity contribution in [2.75, 3.05) is 11.9 Å². The normalized spacial score (nSPS) is 11.4. The van der Waals surface area contributed by atoms with Gasteiger partial charge in [0.1, 0.15) is 0 Å². The van der Waals surface area contributed by atoms with Crippen molar-refractivity contribution in [3.8, 4) is 0 Å². The Morgan fingerprint density at radius 3 is 2.86 bits per heavy atom. The average molecular weight is 303 g/mol. The SMILES string of the molecule is CCCN=C(N)Nc1ccccc1I. The summed E-state index contributed by atoms with van der Waals surface area (Å²) in [6, 6.07) is 7.97. The van der Waals surface area contributed by atoms with Crippen LogP contribution in [0.4, 0.5) is 5.69 Å². The minimum atomic E-state index is 0.482. The van der Waals surface area contributed by atoms with E-state index in [0.717, 1.165) is 22.2 Å². The topological polar surface area (TPSA) is 50.4 Å². The van der Waals surface area contributed by atoms with Crippen LogP contribution in [0.1, 0.15) is 13.3 Å². The molecule has 1 aromatic rings. The number of rotatable bonds is 3. The summed E-state index contributed by atoms with van der Waals surface area (Å²) in [6.45, 7) is 2.84. The third-order valence-electron chi connectivity index (χ3n) is 1.64. The fraction of sp³-hybridized carbons (Fsp3) is 0.300. The lowest BCUT2D eigenvalue weighted by atomic mass is 10.3. The molecule has 0 aliphatic heterocycles. The number of benzene rings is 1. The molecule has 0 aromatic heterocycles. The van der Waals surface area contributed by atoms with Crippen LogP contribution >= 0.6 is 22.6 Å². The van der Waals surface area contributed by atoms with E-state index in [1.165, 1.54) is 0 Å². The van der Waals surface area contributed by atoms with Gasteiger partial charge in [-0.15, -0.1) is 0 Å². The number of nitrogens with one attached hydrogen (secondary N) is 1. The molecule has 0 atom stereocenters. The van der Waals surface area contributed by atoms with E-state index in [9.17, 15) is 0 Å². The van der Waals surface area contributed by atoms with Crippen LogP contribution < -0.4 is 11.1 Å². The number of halogens is 1. The zero-order valence-corrected chi connectivity index (χ0v) is 10.3. The summed E-state index contributed by atoms with van der Waals surface area (Å²) in [5, 5.41) is 3.07. The van der Waals surface area contributed by atoms with Gasteiger partial charge in [0.15, 0.2) is 5.96 Å². The number of aliphatic imine (C=N–C) groups is 1. The lowest BCUT2D eigenvalue weighted by Crippen LogP contribution is -2.23. The van der Waals surface area contributed by atoms with Crippen LogP contribution in [-0.2, 0) is 0 Å². The first-order valence-corrected chi connectivity index (χ1v) is 5.63. The van der Waals surface area contributed by atoms with Crippen molar-refractivity contribution in [2.24, 2.45) is 10.7 Å². The molecule has 4 heteroatoms. The zero-order chi connectivity index (χ0) is 10.4. The van der Waals surface area contributed by atoms with Gasteiger partial charge in [-0.1, -0.05) is 19.1 Å². The molecule has 3 N–H and O–H groups in total. The fourth-order valence-electron chi connectivity index (χ4n) is 0.972. The smallest absolute Gasteiger partial charge is 0.193 e. The van der Waals surface area contributed by atoms with Crippen LogP contribution in [0.25, 0.3) is 0 Å². The molecular formula is C10H14IN3. The van der Waals surface area contributed by atoms with Crippen molar-refractivity contribution in [1.29, 1.82) is 0 Å². The van der Waals surface area contributed by atoms with Crippen molar-refractivity contribution >= 4 is 34.2 Å². The maximum atomic E-state index is 5.70. The van der Waals surface area contributed by atoms with E-state index in [2.05, 4.69) is 39.8 Å². The summed E-state index contributed by atoms with van der Waals surface area (Å²) >= 11 is 2.26. The largest absolute Gasteiger partial charge is 0.370 e. The molecule has 0 amide bonds. The Hall–Kier alpha value is -0.780. The number of nitrogens with two attached hydrogens (primary N) is 1. The van der Waals surface area contributed by atoms with Gasteiger partial charge in [0.2, 0.25) is 0 Å². The Morgan fingerprint density at radius 2 is 2.21 bits per heavy atom. The van der Waals surface area contributed by atoms with Crippen molar-refractivity contribution < 1.29 is 0 Å². The Labute approximate surface area is 97.9 Å². The van der Waals surface area contributed by atoms with Gasteiger partial charge in [-0.25, -0.2) is 0 Å². The monoisotopic (exact) mass is 303 g/mol. The molecule has 0 aliphatic rings. The van der Waals surface area contributed by atoms with Crippen LogP contribution in [0.5, 0.6) is 0 Å². The lowest BCUT2D eigenvalue weighted by molar-refractivity contribution is 0.929. The van der Waals surface area contributed by atoms with E-state index in [-0.39, 0.29) is 0 Å². The molecule has 76 valence electrons. The standard InChI is InChI=1S/C10H14IN3/c1-2-7-13-10(12)14-9-6-4-3-5-8(9)11/h3-6H,2,7H2,1H3,(H3,12,13,14). The molecule has 0 radical (unpaired) electrons. The van der Waals surface area contributed by atoms with Crippen molar-refractivity contribution in [3.05, 3.63) is 27.8 Å². The van der Waals surface area contributed by atoms with E-state index in [0.29, 0.717) is 5.96 Å². The number of anilines is 1. The second-order valence-corrected chi connectivity index (χ2v) is 4.03. The number of nitrogens with zero attached hydrogens (tertiary/aromatic N) is 1. The third-order valence-corrected chi connectivity index (χ3v) is 2.58. The Bertz CT molecular complexity index is 323. The van der Waals surface area contributed by atoms with Crippen molar-refractivity contribution in [3.63, 3.8) is 0 Å². The highest BCUT2D eigenvalue weighted by Gasteiger charge is 1.98. The van der Waals surface area contributed by atoms with Crippen LogP contribution in [0.3, 0.4) is 0 Å². The average Bonchev–Trinajstić information content (AvgIpc) is 2.18. The molecule has 1 rings (SSSR count). The molecule has 0 spiro atoms. The highest BCUT2D eigenvalue weighted by molar-refractivity contribution is 14.1. The molecule has 0 aliphatic carbocycles. The Kier molecular flexibility index (Phi) is 4.72. The van der Waals surface area contributed by atoms with Crippen molar-refractivity contribution in [2.45, 2.75) is 13.3 Å². The molecule has 0 fully saturated rings. The van der Waals surface area contributed by atoms with Crippen LogP contribution in [0.2, 0.25) is 0 Å². The van der Waals surface area contributed by atoms with Crippen LogP contribution in [0, 0.1) is 3.57 Å². The van der Waals surface area contributed by atoms with Gasteiger partial charge in [-0.05, 0) is 41.1 Å². The Balaban J connectivity index is 2.64. The molecule has 14 heavy (non-hydrogen) atoms. The van der Waals surface area contributed by atoms with E-state index < -0.39 is 0 Å². The predicted octanol–water partition coefficient (Wildman–Crippen LogP) is 2.43. The minimum Gasteiger partial charge on any atom is -0.370 e. The molecule has 0 saturated carbocycles. The molecule has 0 bridgehead atoms. The number of hydrogen-bond donors (Lipinski definition) is 2.